The third-order valence-corrected chi connectivity index (χ3v) is 4.62. The molecule has 0 unspecified atom stereocenters. The van der Waals surface area contributed by atoms with E-state index in [1.807, 2.05) is 6.26 Å². The predicted molar refractivity (Wildman–Crippen MR) is 70.9 cm³/mol. The SMILES string of the molecule is CSCCNS(=O)(=O)c1cc(CO)ccc1Cl. The number of nitrogens with one attached hydrogen (secondary N) is 1. The van der Waals surface area contributed by atoms with Gasteiger partial charge in [0.1, 0.15) is 4.90 Å². The van der Waals surface area contributed by atoms with E-state index in [-0.39, 0.29) is 16.5 Å². The molecule has 0 atom stereocenters. The van der Waals surface area contributed by atoms with Crippen molar-refractivity contribution in [3.8, 4) is 0 Å². The van der Waals surface area contributed by atoms with Crippen molar-refractivity contribution in [3.63, 3.8) is 0 Å². The van der Waals surface area contributed by atoms with Crippen LogP contribution in [0.3, 0.4) is 0 Å². The highest BCUT2D eigenvalue weighted by Crippen LogP contribution is 2.22. The van der Waals surface area contributed by atoms with E-state index in [4.69, 9.17) is 16.7 Å². The number of aliphatic hydroxyl groups excluding tert-OH is 1. The first-order valence-electron chi connectivity index (χ1n) is 4.89. The van der Waals surface area contributed by atoms with E-state index in [1.165, 1.54) is 12.1 Å². The fraction of sp³-hybridized carbons (Fsp3) is 0.400. The molecule has 17 heavy (non-hydrogen) atoms. The molecule has 0 aliphatic rings. The van der Waals surface area contributed by atoms with Crippen molar-refractivity contribution in [2.24, 2.45) is 0 Å². The fourth-order valence-corrected chi connectivity index (χ4v) is 3.22. The fourth-order valence-electron chi connectivity index (χ4n) is 1.21. The maximum Gasteiger partial charge on any atom is 0.242 e. The van der Waals surface area contributed by atoms with Crippen LogP contribution in [0.25, 0.3) is 0 Å². The molecule has 2 N–H and O–H groups in total. The predicted octanol–water partition coefficient (Wildman–Crippen LogP) is 1.47. The molecule has 1 aromatic carbocycles. The summed E-state index contributed by atoms with van der Waals surface area (Å²) >= 11 is 7.39. The Morgan fingerprint density at radius 2 is 2.18 bits per heavy atom. The number of rotatable bonds is 6. The van der Waals surface area contributed by atoms with Crippen LogP contribution in [0.1, 0.15) is 5.56 Å². The molecule has 0 saturated carbocycles. The van der Waals surface area contributed by atoms with Crippen LogP contribution < -0.4 is 4.72 Å². The van der Waals surface area contributed by atoms with Crippen molar-refractivity contribution in [1.82, 2.24) is 4.72 Å². The summed E-state index contributed by atoms with van der Waals surface area (Å²) < 4.78 is 26.3. The van der Waals surface area contributed by atoms with Crippen LogP contribution in [0.5, 0.6) is 0 Å². The second-order valence-electron chi connectivity index (χ2n) is 3.31. The van der Waals surface area contributed by atoms with Crippen LogP contribution in [0.2, 0.25) is 5.02 Å². The van der Waals surface area contributed by atoms with Crippen molar-refractivity contribution >= 4 is 33.4 Å². The summed E-state index contributed by atoms with van der Waals surface area (Å²) in [4.78, 5) is 0.00631. The van der Waals surface area contributed by atoms with Crippen molar-refractivity contribution in [2.45, 2.75) is 11.5 Å². The number of hydrogen-bond acceptors (Lipinski definition) is 4. The zero-order chi connectivity index (χ0) is 12.9. The minimum atomic E-state index is -3.60. The number of halogens is 1. The van der Waals surface area contributed by atoms with Gasteiger partial charge in [-0.25, -0.2) is 13.1 Å². The zero-order valence-electron chi connectivity index (χ0n) is 9.31. The van der Waals surface area contributed by atoms with Gasteiger partial charge in [0.05, 0.1) is 11.6 Å². The molecular weight excluding hydrogens is 282 g/mol. The summed E-state index contributed by atoms with van der Waals surface area (Å²) in [6.07, 6.45) is 1.90. The Labute approximate surface area is 110 Å². The first-order valence-corrected chi connectivity index (χ1v) is 8.14. The number of sulfonamides is 1. The van der Waals surface area contributed by atoms with Crippen LogP contribution in [0, 0.1) is 0 Å². The van der Waals surface area contributed by atoms with E-state index in [0.29, 0.717) is 17.9 Å². The molecule has 0 aromatic heterocycles. The van der Waals surface area contributed by atoms with E-state index < -0.39 is 10.0 Å². The molecule has 0 radical (unpaired) electrons. The van der Waals surface area contributed by atoms with Gasteiger partial charge in [-0.05, 0) is 24.0 Å². The second kappa shape index (κ2) is 6.61. The quantitative estimate of drug-likeness (QED) is 0.780. The third kappa shape index (κ3) is 4.15. The molecule has 1 aromatic rings. The summed E-state index contributed by atoms with van der Waals surface area (Å²) in [5.74, 6) is 0.691. The Bertz CT molecular complexity index is 476. The Hall–Kier alpha value is -0.270. The van der Waals surface area contributed by atoms with Crippen LogP contribution in [0.4, 0.5) is 0 Å². The van der Waals surface area contributed by atoms with Gasteiger partial charge < -0.3 is 5.11 Å². The number of thioether (sulfide) groups is 1. The molecule has 0 fully saturated rings. The monoisotopic (exact) mass is 295 g/mol. The smallest absolute Gasteiger partial charge is 0.242 e. The lowest BCUT2D eigenvalue weighted by molar-refractivity contribution is 0.281. The Morgan fingerprint density at radius 1 is 1.47 bits per heavy atom. The standard InChI is InChI=1S/C10H14ClNO3S2/c1-16-5-4-12-17(14,15)10-6-8(7-13)2-3-9(10)11/h2-3,6,12-13H,4-5,7H2,1H3. The van der Waals surface area contributed by atoms with Gasteiger partial charge in [-0.15, -0.1) is 0 Å². The van der Waals surface area contributed by atoms with Crippen molar-refractivity contribution in [1.29, 1.82) is 0 Å². The Morgan fingerprint density at radius 3 is 2.76 bits per heavy atom. The summed E-state index contributed by atoms with van der Waals surface area (Å²) in [5.41, 5.74) is 0.514. The van der Waals surface area contributed by atoms with E-state index in [9.17, 15) is 8.42 Å². The van der Waals surface area contributed by atoms with Gasteiger partial charge in [0.25, 0.3) is 0 Å². The summed E-state index contributed by atoms with van der Waals surface area (Å²) in [6.45, 7) is 0.133. The first kappa shape index (κ1) is 14.8. The van der Waals surface area contributed by atoms with Crippen LogP contribution in [-0.4, -0.2) is 32.1 Å². The molecule has 1 rings (SSSR count). The highest BCUT2D eigenvalue weighted by Gasteiger charge is 2.17. The summed E-state index contributed by atoms with van der Waals surface area (Å²) in [5, 5.41) is 9.12. The number of benzene rings is 1. The normalized spacial score (nSPS) is 11.7. The van der Waals surface area contributed by atoms with E-state index in [2.05, 4.69) is 4.72 Å². The molecule has 0 spiro atoms. The topological polar surface area (TPSA) is 66.4 Å². The number of hydrogen-bond donors (Lipinski definition) is 2. The lowest BCUT2D eigenvalue weighted by Gasteiger charge is -2.09. The molecule has 0 aliphatic carbocycles. The summed E-state index contributed by atoms with van der Waals surface area (Å²) in [6, 6.07) is 4.43. The lowest BCUT2D eigenvalue weighted by atomic mass is 10.2. The molecule has 4 nitrogen and oxygen atoms in total. The van der Waals surface area contributed by atoms with Gasteiger partial charge in [-0.1, -0.05) is 17.7 Å². The maximum absolute atomic E-state index is 11.9. The Kier molecular flexibility index (Phi) is 5.75. The van der Waals surface area contributed by atoms with E-state index >= 15 is 0 Å². The van der Waals surface area contributed by atoms with E-state index in [1.54, 1.807) is 17.8 Å². The van der Waals surface area contributed by atoms with Crippen LogP contribution in [0.15, 0.2) is 23.1 Å². The second-order valence-corrected chi connectivity index (χ2v) is 6.44. The van der Waals surface area contributed by atoms with Gasteiger partial charge in [-0.2, -0.15) is 11.8 Å². The molecule has 0 amide bonds. The van der Waals surface area contributed by atoms with Gasteiger partial charge in [0, 0.05) is 12.3 Å². The molecule has 0 saturated heterocycles. The maximum atomic E-state index is 11.9. The first-order chi connectivity index (χ1) is 8.01. The van der Waals surface area contributed by atoms with Gasteiger partial charge >= 0.3 is 0 Å². The highest BCUT2D eigenvalue weighted by molar-refractivity contribution is 7.98. The highest BCUT2D eigenvalue weighted by atomic mass is 35.5. The minimum absolute atomic E-state index is 0.00631. The largest absolute Gasteiger partial charge is 0.392 e. The van der Waals surface area contributed by atoms with Crippen molar-refractivity contribution in [3.05, 3.63) is 28.8 Å². The van der Waals surface area contributed by atoms with Crippen LogP contribution >= 0.6 is 23.4 Å². The molecule has 0 heterocycles. The zero-order valence-corrected chi connectivity index (χ0v) is 11.7. The molecule has 96 valence electrons. The van der Waals surface area contributed by atoms with Gasteiger partial charge in [0.15, 0.2) is 0 Å². The van der Waals surface area contributed by atoms with E-state index in [0.717, 1.165) is 0 Å². The molecule has 0 aliphatic heterocycles. The van der Waals surface area contributed by atoms with Gasteiger partial charge in [-0.3, -0.25) is 0 Å². The lowest BCUT2D eigenvalue weighted by Crippen LogP contribution is -2.26. The Balaban J connectivity index is 2.97. The molecule has 0 bridgehead atoms. The summed E-state index contributed by atoms with van der Waals surface area (Å²) in [7, 11) is -3.60. The number of aliphatic hydroxyl groups is 1. The van der Waals surface area contributed by atoms with Crippen molar-refractivity contribution in [2.75, 3.05) is 18.6 Å². The van der Waals surface area contributed by atoms with Crippen LogP contribution in [-0.2, 0) is 16.6 Å². The minimum Gasteiger partial charge on any atom is -0.392 e. The molecular formula is C10H14ClNO3S2. The van der Waals surface area contributed by atoms with Gasteiger partial charge in [0.2, 0.25) is 10.0 Å². The third-order valence-electron chi connectivity index (χ3n) is 2.07. The molecule has 7 heteroatoms. The average Bonchev–Trinajstić information content (AvgIpc) is 2.29. The van der Waals surface area contributed by atoms with Crippen molar-refractivity contribution < 1.29 is 13.5 Å². The average molecular weight is 296 g/mol.